The van der Waals surface area contributed by atoms with Gasteiger partial charge < -0.3 is 0 Å². The maximum absolute atomic E-state index is 13.3. The summed E-state index contributed by atoms with van der Waals surface area (Å²) in [7, 11) is 0. The van der Waals surface area contributed by atoms with Crippen molar-refractivity contribution in [2.45, 2.75) is 52.4 Å². The highest BCUT2D eigenvalue weighted by atomic mass is 16.1. The number of fused-ring (bicyclic) bond motifs is 1. The van der Waals surface area contributed by atoms with Crippen LogP contribution in [0.3, 0.4) is 0 Å². The number of hydrogen-bond acceptors (Lipinski definition) is 2. The molecule has 0 amide bonds. The van der Waals surface area contributed by atoms with E-state index in [1.54, 1.807) is 0 Å². The van der Waals surface area contributed by atoms with Crippen LogP contribution < -0.4 is 0 Å². The van der Waals surface area contributed by atoms with Crippen molar-refractivity contribution in [2.24, 2.45) is 5.41 Å². The second-order valence-corrected chi connectivity index (χ2v) is 8.55. The first-order valence-electron chi connectivity index (χ1n) is 9.04. The lowest BCUT2D eigenvalue weighted by molar-refractivity contribution is -0.118. The van der Waals surface area contributed by atoms with Crippen molar-refractivity contribution in [3.63, 3.8) is 0 Å². The first-order chi connectivity index (χ1) is 12.3. The van der Waals surface area contributed by atoms with Crippen molar-refractivity contribution in [2.75, 3.05) is 0 Å². The molecule has 132 valence electrons. The Morgan fingerprint density at radius 2 is 2.00 bits per heavy atom. The fourth-order valence-electron chi connectivity index (χ4n) is 5.01. The molecule has 0 fully saturated rings. The van der Waals surface area contributed by atoms with Crippen molar-refractivity contribution in [1.29, 1.82) is 0 Å². The molecule has 4 heteroatoms. The molecule has 1 heterocycles. The number of nitrogens with zero attached hydrogens (tertiary/aromatic N) is 2. The molecule has 26 heavy (non-hydrogen) atoms. The van der Waals surface area contributed by atoms with Crippen molar-refractivity contribution < 1.29 is 4.79 Å². The maximum Gasteiger partial charge on any atom is 0.187 e. The number of carbonyl (C=O) groups excluding carboxylic acids is 1. The van der Waals surface area contributed by atoms with E-state index in [9.17, 15) is 4.79 Å². The number of Topliss-reactive ketones (excluding diaryl/α,β-unsaturated/α-hetero) is 1. The van der Waals surface area contributed by atoms with Gasteiger partial charge in [-0.05, 0) is 31.2 Å². The van der Waals surface area contributed by atoms with Gasteiger partial charge in [-0.25, -0.2) is 4.85 Å². The lowest BCUT2D eigenvalue weighted by Crippen LogP contribution is -2.41. The van der Waals surface area contributed by atoms with Gasteiger partial charge in [-0.3, -0.25) is 9.89 Å². The molecule has 0 radical (unpaired) electrons. The number of carbonyl (C=O) groups is 1. The van der Waals surface area contributed by atoms with Crippen molar-refractivity contribution in [3.8, 4) is 0 Å². The SMILES string of the molecule is [C-]#[N+]c1cccc([C@]2(C)C3=C(Cc4n[nH]c(C)c42)CC(C)(C)CC3=O)c1. The number of hydrogen-bond donors (Lipinski definition) is 1. The van der Waals surface area contributed by atoms with Gasteiger partial charge in [-0.2, -0.15) is 5.10 Å². The maximum atomic E-state index is 13.3. The average Bonchev–Trinajstić information content (AvgIpc) is 2.94. The number of nitrogens with one attached hydrogen (secondary N) is 1. The highest BCUT2D eigenvalue weighted by Gasteiger charge is 2.48. The van der Waals surface area contributed by atoms with E-state index in [1.165, 1.54) is 5.57 Å². The van der Waals surface area contributed by atoms with Crippen LogP contribution in [-0.2, 0) is 16.6 Å². The highest BCUT2D eigenvalue weighted by Crippen LogP contribution is 2.52. The summed E-state index contributed by atoms with van der Waals surface area (Å²) < 4.78 is 0. The largest absolute Gasteiger partial charge is 0.294 e. The van der Waals surface area contributed by atoms with Gasteiger partial charge in [0.25, 0.3) is 0 Å². The summed E-state index contributed by atoms with van der Waals surface area (Å²) in [5.41, 5.74) is 6.29. The summed E-state index contributed by atoms with van der Waals surface area (Å²) >= 11 is 0. The topological polar surface area (TPSA) is 50.1 Å². The number of ketones is 1. The third-order valence-electron chi connectivity index (χ3n) is 5.92. The molecule has 2 aliphatic rings. The van der Waals surface area contributed by atoms with Crippen LogP contribution in [0.1, 0.15) is 56.1 Å². The smallest absolute Gasteiger partial charge is 0.187 e. The molecule has 2 aromatic rings. The molecule has 1 aromatic carbocycles. The van der Waals surface area contributed by atoms with E-state index in [2.05, 4.69) is 35.8 Å². The quantitative estimate of drug-likeness (QED) is 0.754. The molecular weight excluding hydrogens is 322 g/mol. The van der Waals surface area contributed by atoms with Crippen LogP contribution in [0.2, 0.25) is 0 Å². The molecular formula is C22H23N3O. The zero-order valence-corrected chi connectivity index (χ0v) is 15.7. The predicted octanol–water partition coefficient (Wildman–Crippen LogP) is 4.82. The molecule has 0 saturated carbocycles. The van der Waals surface area contributed by atoms with E-state index >= 15 is 0 Å². The number of aromatic amines is 1. The normalized spacial score (nSPS) is 24.0. The Bertz CT molecular complexity index is 1000. The molecule has 0 saturated heterocycles. The number of allylic oxidation sites excluding steroid dienone is 2. The summed E-state index contributed by atoms with van der Waals surface area (Å²) in [6.45, 7) is 15.9. The Balaban J connectivity index is 2.03. The lowest BCUT2D eigenvalue weighted by atomic mass is 9.58. The number of aromatic nitrogens is 2. The van der Waals surface area contributed by atoms with Gasteiger partial charge in [-0.1, -0.05) is 43.7 Å². The van der Waals surface area contributed by atoms with Crippen LogP contribution in [0.15, 0.2) is 35.4 Å². The van der Waals surface area contributed by atoms with E-state index < -0.39 is 5.41 Å². The summed E-state index contributed by atoms with van der Waals surface area (Å²) in [6.07, 6.45) is 2.22. The van der Waals surface area contributed by atoms with Crippen LogP contribution in [0.4, 0.5) is 5.69 Å². The second-order valence-electron chi connectivity index (χ2n) is 8.55. The molecule has 0 unspecified atom stereocenters. The van der Waals surface area contributed by atoms with Crippen LogP contribution in [0, 0.1) is 18.9 Å². The van der Waals surface area contributed by atoms with Crippen molar-refractivity contribution in [3.05, 3.63) is 69.3 Å². The van der Waals surface area contributed by atoms with Gasteiger partial charge in [0.1, 0.15) is 0 Å². The summed E-state index contributed by atoms with van der Waals surface area (Å²) in [5, 5.41) is 7.68. The second kappa shape index (κ2) is 5.41. The number of aryl methyl sites for hydroxylation is 1. The van der Waals surface area contributed by atoms with E-state index in [4.69, 9.17) is 6.57 Å². The van der Waals surface area contributed by atoms with Gasteiger partial charge in [0, 0.05) is 35.1 Å². The van der Waals surface area contributed by atoms with Crippen LogP contribution in [-0.4, -0.2) is 16.0 Å². The Morgan fingerprint density at radius 1 is 1.23 bits per heavy atom. The Morgan fingerprint density at radius 3 is 2.73 bits per heavy atom. The highest BCUT2D eigenvalue weighted by molar-refractivity contribution is 6.01. The van der Waals surface area contributed by atoms with Crippen LogP contribution >= 0.6 is 0 Å². The van der Waals surface area contributed by atoms with Crippen LogP contribution in [0.5, 0.6) is 0 Å². The summed E-state index contributed by atoms with van der Waals surface area (Å²) in [6, 6.07) is 7.68. The molecule has 0 bridgehead atoms. The number of H-pyrrole nitrogens is 1. The average molecular weight is 345 g/mol. The van der Waals surface area contributed by atoms with E-state index in [-0.39, 0.29) is 11.2 Å². The molecule has 4 nitrogen and oxygen atoms in total. The van der Waals surface area contributed by atoms with Crippen LogP contribution in [0.25, 0.3) is 4.85 Å². The lowest BCUT2D eigenvalue weighted by Gasteiger charge is -2.43. The van der Waals surface area contributed by atoms with E-state index in [0.29, 0.717) is 12.1 Å². The van der Waals surface area contributed by atoms with Crippen molar-refractivity contribution in [1.82, 2.24) is 10.2 Å². The minimum absolute atomic E-state index is 0.0158. The molecule has 1 N–H and O–H groups in total. The van der Waals surface area contributed by atoms with Gasteiger partial charge in [0.15, 0.2) is 11.5 Å². The number of rotatable bonds is 1. The van der Waals surface area contributed by atoms with Gasteiger partial charge in [0.05, 0.1) is 12.3 Å². The molecule has 1 atom stereocenters. The van der Waals surface area contributed by atoms with Crippen molar-refractivity contribution >= 4 is 11.5 Å². The van der Waals surface area contributed by atoms with Gasteiger partial charge in [-0.15, -0.1) is 0 Å². The monoisotopic (exact) mass is 345 g/mol. The minimum Gasteiger partial charge on any atom is -0.294 e. The summed E-state index contributed by atoms with van der Waals surface area (Å²) in [5.74, 6) is 0.234. The van der Waals surface area contributed by atoms with E-state index in [1.807, 2.05) is 31.2 Å². The fraction of sp³-hybridized carbons (Fsp3) is 0.409. The summed E-state index contributed by atoms with van der Waals surface area (Å²) in [4.78, 5) is 16.9. The molecule has 1 aromatic heterocycles. The Labute approximate surface area is 154 Å². The third kappa shape index (κ3) is 2.27. The molecule has 4 rings (SSSR count). The van der Waals surface area contributed by atoms with E-state index in [0.717, 1.165) is 40.9 Å². The zero-order valence-electron chi connectivity index (χ0n) is 15.7. The Kier molecular flexibility index (Phi) is 3.49. The van der Waals surface area contributed by atoms with Gasteiger partial charge >= 0.3 is 0 Å². The standard InChI is InChI=1S/C22H23N3O/c1-13-19-17(25-24-13)9-14-11-21(2,3)12-18(26)20(14)22(19,4)15-7-6-8-16(10-15)23-5/h6-8,10H,9,11-12H2,1-4H3,(H,24,25)/t22-/m0/s1. The first-order valence-corrected chi connectivity index (χ1v) is 9.04. The predicted molar refractivity (Wildman–Crippen MR) is 101 cm³/mol. The van der Waals surface area contributed by atoms with Gasteiger partial charge in [0.2, 0.25) is 0 Å². The molecule has 0 spiro atoms. The molecule has 0 aliphatic heterocycles. The zero-order chi connectivity index (χ0) is 18.7. The Hall–Kier alpha value is -2.67. The number of benzene rings is 1. The fourth-order valence-corrected chi connectivity index (χ4v) is 5.01. The molecule has 2 aliphatic carbocycles. The first kappa shape index (κ1) is 16.8. The third-order valence-corrected chi connectivity index (χ3v) is 5.92. The minimum atomic E-state index is -0.561.